The van der Waals surface area contributed by atoms with E-state index >= 15 is 0 Å². The molecule has 3 nitrogen and oxygen atoms in total. The molecule has 2 aromatic rings. The Hall–Kier alpha value is -1.68. The van der Waals surface area contributed by atoms with Crippen LogP contribution in [0.3, 0.4) is 0 Å². The van der Waals surface area contributed by atoms with Crippen molar-refractivity contribution >= 4 is 17.4 Å². The molecule has 106 valence electrons. The number of nitrogens with one attached hydrogen (secondary N) is 1. The monoisotopic (exact) mass is 293 g/mol. The normalized spacial score (nSPS) is 12.3. The predicted octanol–water partition coefficient (Wildman–Crippen LogP) is 4.37. The van der Waals surface area contributed by atoms with Crippen LogP contribution in [0.15, 0.2) is 18.2 Å². The average Bonchev–Trinajstić information content (AvgIpc) is 2.42. The number of nitrogens with zero attached hydrogens (tertiary/aromatic N) is 2. The Bertz CT molecular complexity index is 643. The molecular formula is C15H17ClFN3. The van der Waals surface area contributed by atoms with E-state index in [4.69, 9.17) is 11.6 Å². The molecule has 0 radical (unpaired) electrons. The van der Waals surface area contributed by atoms with E-state index < -0.39 is 0 Å². The molecule has 0 aliphatic rings. The molecule has 0 saturated heterocycles. The summed E-state index contributed by atoms with van der Waals surface area (Å²) in [6.07, 6.45) is 0. The van der Waals surface area contributed by atoms with Gasteiger partial charge in [0.25, 0.3) is 0 Å². The van der Waals surface area contributed by atoms with Gasteiger partial charge in [-0.05, 0) is 56.0 Å². The summed E-state index contributed by atoms with van der Waals surface area (Å²) in [5.41, 5.74) is 3.34. The molecule has 1 unspecified atom stereocenters. The van der Waals surface area contributed by atoms with Crippen LogP contribution in [0.2, 0.25) is 5.15 Å². The molecule has 1 aromatic heterocycles. The lowest BCUT2D eigenvalue weighted by Gasteiger charge is -2.17. The summed E-state index contributed by atoms with van der Waals surface area (Å²) in [5.74, 6) is 0.464. The molecule has 20 heavy (non-hydrogen) atoms. The van der Waals surface area contributed by atoms with E-state index in [2.05, 4.69) is 15.5 Å². The van der Waals surface area contributed by atoms with Gasteiger partial charge >= 0.3 is 0 Å². The minimum Gasteiger partial charge on any atom is -0.362 e. The lowest BCUT2D eigenvalue weighted by atomic mass is 10.1. The molecule has 0 aliphatic carbocycles. The Morgan fingerprint density at radius 1 is 1.15 bits per heavy atom. The standard InChI is InChI=1S/C15H17ClFN3/c1-8-5-6-12(7-13(8)17)11(4)18-15-10(3)9(2)14(16)19-20-15/h5-7,11H,1-4H3,(H,18,20). The number of benzene rings is 1. The first kappa shape index (κ1) is 14.7. The fourth-order valence-corrected chi connectivity index (χ4v) is 2.06. The van der Waals surface area contributed by atoms with E-state index in [0.29, 0.717) is 16.5 Å². The molecule has 0 amide bonds. The van der Waals surface area contributed by atoms with Gasteiger partial charge in [0.15, 0.2) is 11.0 Å². The van der Waals surface area contributed by atoms with Crippen LogP contribution in [0.4, 0.5) is 10.2 Å². The van der Waals surface area contributed by atoms with E-state index in [-0.39, 0.29) is 11.9 Å². The van der Waals surface area contributed by atoms with Crippen LogP contribution in [0, 0.1) is 26.6 Å². The van der Waals surface area contributed by atoms with Gasteiger partial charge in [0.05, 0.1) is 6.04 Å². The van der Waals surface area contributed by atoms with E-state index in [9.17, 15) is 4.39 Å². The van der Waals surface area contributed by atoms with Crippen molar-refractivity contribution in [1.29, 1.82) is 0 Å². The zero-order valence-corrected chi connectivity index (χ0v) is 12.7. The van der Waals surface area contributed by atoms with Gasteiger partial charge in [0.2, 0.25) is 0 Å². The summed E-state index contributed by atoms with van der Waals surface area (Å²) >= 11 is 5.93. The van der Waals surface area contributed by atoms with Gasteiger partial charge in [-0.3, -0.25) is 0 Å². The number of aryl methyl sites for hydroxylation is 1. The summed E-state index contributed by atoms with van der Waals surface area (Å²) in [6, 6.07) is 5.15. The average molecular weight is 294 g/mol. The van der Waals surface area contributed by atoms with Crippen molar-refractivity contribution in [3.8, 4) is 0 Å². The second kappa shape index (κ2) is 5.75. The summed E-state index contributed by atoms with van der Waals surface area (Å²) in [6.45, 7) is 7.53. The fraction of sp³-hybridized carbons (Fsp3) is 0.333. The molecule has 0 aliphatic heterocycles. The highest BCUT2D eigenvalue weighted by molar-refractivity contribution is 6.30. The summed E-state index contributed by atoms with van der Waals surface area (Å²) < 4.78 is 13.6. The van der Waals surface area contributed by atoms with E-state index in [1.54, 1.807) is 19.1 Å². The Kier molecular flexibility index (Phi) is 4.23. The van der Waals surface area contributed by atoms with Gasteiger partial charge in [0.1, 0.15) is 5.82 Å². The molecule has 5 heteroatoms. The lowest BCUT2D eigenvalue weighted by molar-refractivity contribution is 0.614. The van der Waals surface area contributed by atoms with E-state index in [1.807, 2.05) is 26.8 Å². The highest BCUT2D eigenvalue weighted by Gasteiger charge is 2.12. The van der Waals surface area contributed by atoms with Gasteiger partial charge in [-0.1, -0.05) is 23.7 Å². The summed E-state index contributed by atoms with van der Waals surface area (Å²) in [7, 11) is 0. The van der Waals surface area contributed by atoms with Crippen molar-refractivity contribution in [2.24, 2.45) is 0 Å². The van der Waals surface area contributed by atoms with Crippen molar-refractivity contribution in [3.05, 3.63) is 51.4 Å². The quantitative estimate of drug-likeness (QED) is 0.913. The van der Waals surface area contributed by atoms with Crippen LogP contribution >= 0.6 is 11.6 Å². The minimum atomic E-state index is -0.203. The lowest BCUT2D eigenvalue weighted by Crippen LogP contribution is -2.11. The second-order valence-electron chi connectivity index (χ2n) is 4.96. The largest absolute Gasteiger partial charge is 0.362 e. The van der Waals surface area contributed by atoms with Gasteiger partial charge in [-0.2, -0.15) is 0 Å². The van der Waals surface area contributed by atoms with Gasteiger partial charge in [-0.25, -0.2) is 4.39 Å². The summed E-state index contributed by atoms with van der Waals surface area (Å²) in [4.78, 5) is 0. The molecule has 0 bridgehead atoms. The molecule has 1 heterocycles. The summed E-state index contributed by atoms with van der Waals surface area (Å²) in [5, 5.41) is 11.6. The highest BCUT2D eigenvalue weighted by Crippen LogP contribution is 2.25. The maximum Gasteiger partial charge on any atom is 0.155 e. The number of rotatable bonds is 3. The van der Waals surface area contributed by atoms with Crippen molar-refractivity contribution in [3.63, 3.8) is 0 Å². The predicted molar refractivity (Wildman–Crippen MR) is 79.7 cm³/mol. The van der Waals surface area contributed by atoms with Crippen molar-refractivity contribution < 1.29 is 4.39 Å². The van der Waals surface area contributed by atoms with E-state index in [0.717, 1.165) is 16.7 Å². The maximum atomic E-state index is 13.6. The third-order valence-electron chi connectivity index (χ3n) is 3.51. The van der Waals surface area contributed by atoms with Crippen molar-refractivity contribution in [1.82, 2.24) is 10.2 Å². The molecular weight excluding hydrogens is 277 g/mol. The highest BCUT2D eigenvalue weighted by atomic mass is 35.5. The first-order chi connectivity index (χ1) is 9.40. The smallest absolute Gasteiger partial charge is 0.155 e. The first-order valence-corrected chi connectivity index (χ1v) is 6.80. The Balaban J connectivity index is 2.25. The number of halogens is 2. The first-order valence-electron chi connectivity index (χ1n) is 6.42. The topological polar surface area (TPSA) is 37.8 Å². The van der Waals surface area contributed by atoms with E-state index in [1.165, 1.54) is 0 Å². The molecule has 0 fully saturated rings. The van der Waals surface area contributed by atoms with Crippen LogP contribution in [0.25, 0.3) is 0 Å². The fourth-order valence-electron chi connectivity index (χ4n) is 1.88. The van der Waals surface area contributed by atoms with Crippen molar-refractivity contribution in [2.75, 3.05) is 5.32 Å². The third kappa shape index (κ3) is 2.90. The maximum absolute atomic E-state index is 13.6. The number of aromatic nitrogens is 2. The van der Waals surface area contributed by atoms with Gasteiger partial charge < -0.3 is 5.32 Å². The third-order valence-corrected chi connectivity index (χ3v) is 3.87. The Labute approximate surface area is 123 Å². The molecule has 0 saturated carbocycles. The molecule has 2 rings (SSSR count). The number of hydrogen-bond donors (Lipinski definition) is 1. The molecule has 1 aromatic carbocycles. The van der Waals surface area contributed by atoms with Crippen LogP contribution in [0.5, 0.6) is 0 Å². The Morgan fingerprint density at radius 2 is 1.85 bits per heavy atom. The van der Waals surface area contributed by atoms with Gasteiger partial charge in [-0.15, -0.1) is 10.2 Å². The minimum absolute atomic E-state index is 0.0707. The number of anilines is 1. The molecule has 0 spiro atoms. The number of hydrogen-bond acceptors (Lipinski definition) is 3. The van der Waals surface area contributed by atoms with Crippen LogP contribution in [-0.2, 0) is 0 Å². The van der Waals surface area contributed by atoms with Gasteiger partial charge in [0, 0.05) is 0 Å². The second-order valence-corrected chi connectivity index (χ2v) is 5.32. The van der Waals surface area contributed by atoms with Crippen molar-refractivity contribution in [2.45, 2.75) is 33.7 Å². The van der Waals surface area contributed by atoms with Crippen LogP contribution in [0.1, 0.15) is 35.2 Å². The zero-order valence-electron chi connectivity index (χ0n) is 12.0. The SMILES string of the molecule is Cc1ccc(C(C)Nc2nnc(Cl)c(C)c2C)cc1F. The zero-order chi connectivity index (χ0) is 14.9. The molecule has 1 atom stereocenters. The van der Waals surface area contributed by atoms with Crippen LogP contribution < -0.4 is 5.32 Å². The molecule has 1 N–H and O–H groups in total. The van der Waals surface area contributed by atoms with Crippen LogP contribution in [-0.4, -0.2) is 10.2 Å². The Morgan fingerprint density at radius 3 is 2.50 bits per heavy atom.